The van der Waals surface area contributed by atoms with Gasteiger partial charge in [-0.25, -0.2) is 4.39 Å². The van der Waals surface area contributed by atoms with Crippen molar-refractivity contribution in [1.82, 2.24) is 5.32 Å². The fourth-order valence-electron chi connectivity index (χ4n) is 2.61. The molecule has 0 fully saturated rings. The number of halogens is 2. The summed E-state index contributed by atoms with van der Waals surface area (Å²) in [6.07, 6.45) is 2.08. The van der Waals surface area contributed by atoms with E-state index in [1.165, 1.54) is 0 Å². The van der Waals surface area contributed by atoms with Crippen molar-refractivity contribution < 1.29 is 4.39 Å². The first-order valence-electron chi connectivity index (χ1n) is 7.49. The van der Waals surface area contributed by atoms with Crippen molar-refractivity contribution in [3.63, 3.8) is 0 Å². The van der Waals surface area contributed by atoms with Crippen LogP contribution < -0.4 is 5.32 Å². The van der Waals surface area contributed by atoms with E-state index in [1.54, 1.807) is 6.07 Å². The van der Waals surface area contributed by atoms with Gasteiger partial charge in [0.2, 0.25) is 0 Å². The van der Waals surface area contributed by atoms with E-state index in [2.05, 4.69) is 39.9 Å². The summed E-state index contributed by atoms with van der Waals surface area (Å²) >= 11 is 5.94. The minimum atomic E-state index is -0.262. The van der Waals surface area contributed by atoms with E-state index in [4.69, 9.17) is 11.6 Å². The number of rotatable bonds is 6. The van der Waals surface area contributed by atoms with Crippen LogP contribution in [0.15, 0.2) is 18.2 Å². The molecule has 0 spiro atoms. The molecule has 1 rings (SSSR count). The first kappa shape index (κ1) is 17.5. The second-order valence-electron chi connectivity index (χ2n) is 6.46. The molecule has 1 nitrogen and oxygen atoms in total. The van der Waals surface area contributed by atoms with E-state index in [0.717, 1.165) is 24.9 Å². The lowest BCUT2D eigenvalue weighted by molar-refractivity contribution is 0.329. The Morgan fingerprint density at radius 3 is 2.30 bits per heavy atom. The summed E-state index contributed by atoms with van der Waals surface area (Å²) in [5, 5.41) is 3.72. The van der Waals surface area contributed by atoms with Crippen LogP contribution in [0.3, 0.4) is 0 Å². The second-order valence-corrected chi connectivity index (χ2v) is 6.86. The maximum atomic E-state index is 14.3. The number of benzene rings is 1. The van der Waals surface area contributed by atoms with Gasteiger partial charge in [-0.3, -0.25) is 0 Å². The normalized spacial score (nSPS) is 13.8. The molecule has 0 amide bonds. The van der Waals surface area contributed by atoms with Crippen LogP contribution in [0.5, 0.6) is 0 Å². The Labute approximate surface area is 127 Å². The van der Waals surface area contributed by atoms with E-state index >= 15 is 0 Å². The zero-order valence-corrected chi connectivity index (χ0v) is 14.0. The van der Waals surface area contributed by atoms with Crippen molar-refractivity contribution in [2.75, 3.05) is 6.54 Å². The van der Waals surface area contributed by atoms with Crippen LogP contribution in [0.2, 0.25) is 5.02 Å². The van der Waals surface area contributed by atoms with Crippen LogP contribution in [0.25, 0.3) is 0 Å². The zero-order valence-electron chi connectivity index (χ0n) is 13.3. The molecule has 0 radical (unpaired) electrons. The molecule has 114 valence electrons. The maximum Gasteiger partial charge on any atom is 0.145 e. The van der Waals surface area contributed by atoms with Gasteiger partial charge in [0.05, 0.1) is 5.02 Å². The molecule has 1 unspecified atom stereocenters. The molecule has 3 heteroatoms. The minimum absolute atomic E-state index is 0.0271. The lowest BCUT2D eigenvalue weighted by atomic mass is 9.82. The van der Waals surface area contributed by atoms with E-state index in [9.17, 15) is 4.39 Å². The van der Waals surface area contributed by atoms with Crippen LogP contribution in [-0.4, -0.2) is 12.1 Å². The number of hydrogen-bond acceptors (Lipinski definition) is 1. The van der Waals surface area contributed by atoms with Crippen molar-refractivity contribution in [1.29, 1.82) is 0 Å². The van der Waals surface area contributed by atoms with Crippen molar-refractivity contribution >= 4 is 11.6 Å². The lowest BCUT2D eigenvalue weighted by Gasteiger charge is -2.30. The van der Waals surface area contributed by atoms with Gasteiger partial charge in [-0.05, 0) is 38.3 Å². The van der Waals surface area contributed by atoms with E-state index in [0.29, 0.717) is 5.92 Å². The van der Waals surface area contributed by atoms with Gasteiger partial charge in [-0.1, -0.05) is 50.4 Å². The molecule has 0 aliphatic rings. The van der Waals surface area contributed by atoms with Crippen LogP contribution in [0.1, 0.15) is 58.9 Å². The summed E-state index contributed by atoms with van der Waals surface area (Å²) in [4.78, 5) is 0. The molecule has 0 aliphatic heterocycles. The predicted molar refractivity (Wildman–Crippen MR) is 86.0 cm³/mol. The number of nitrogens with one attached hydrogen (secondary N) is 1. The Balaban J connectivity index is 3.06. The molecule has 0 heterocycles. The van der Waals surface area contributed by atoms with E-state index in [1.807, 2.05) is 12.1 Å². The predicted octanol–water partition coefficient (Wildman–Crippen LogP) is 5.39. The summed E-state index contributed by atoms with van der Waals surface area (Å²) in [5.74, 6) is 0.350. The molecule has 1 aromatic carbocycles. The van der Waals surface area contributed by atoms with Gasteiger partial charge in [0.1, 0.15) is 5.82 Å². The van der Waals surface area contributed by atoms with Crippen LogP contribution in [0, 0.1) is 11.7 Å². The summed E-state index contributed by atoms with van der Waals surface area (Å²) in [7, 11) is 0. The Morgan fingerprint density at radius 1 is 1.20 bits per heavy atom. The summed E-state index contributed by atoms with van der Waals surface area (Å²) in [6.45, 7) is 11.5. The van der Waals surface area contributed by atoms with Crippen molar-refractivity contribution in [2.45, 2.75) is 58.9 Å². The van der Waals surface area contributed by atoms with Gasteiger partial charge in [0.25, 0.3) is 0 Å². The Morgan fingerprint density at radius 2 is 1.80 bits per heavy atom. The molecule has 1 aromatic rings. The second kappa shape index (κ2) is 7.42. The molecule has 0 aliphatic carbocycles. The van der Waals surface area contributed by atoms with Gasteiger partial charge in [-0.2, -0.15) is 0 Å². The first-order valence-corrected chi connectivity index (χ1v) is 7.86. The fraction of sp³-hybridized carbons (Fsp3) is 0.647. The van der Waals surface area contributed by atoms with Gasteiger partial charge in [0.15, 0.2) is 0 Å². The quantitative estimate of drug-likeness (QED) is 0.743. The van der Waals surface area contributed by atoms with Crippen LogP contribution in [-0.2, 0) is 0 Å². The number of hydrogen-bond donors (Lipinski definition) is 1. The van der Waals surface area contributed by atoms with Gasteiger partial charge in [-0.15, -0.1) is 0 Å². The maximum absolute atomic E-state index is 14.3. The highest BCUT2D eigenvalue weighted by atomic mass is 35.5. The van der Waals surface area contributed by atoms with Crippen molar-refractivity contribution in [2.24, 2.45) is 5.92 Å². The average molecular weight is 300 g/mol. The zero-order chi connectivity index (χ0) is 15.3. The smallest absolute Gasteiger partial charge is 0.145 e. The molecule has 20 heavy (non-hydrogen) atoms. The highest BCUT2D eigenvalue weighted by Crippen LogP contribution is 2.33. The van der Waals surface area contributed by atoms with Gasteiger partial charge in [0, 0.05) is 18.0 Å². The monoisotopic (exact) mass is 299 g/mol. The highest BCUT2D eigenvalue weighted by molar-refractivity contribution is 6.30. The van der Waals surface area contributed by atoms with Gasteiger partial charge >= 0.3 is 0 Å². The molecule has 0 bridgehead atoms. The largest absolute Gasteiger partial charge is 0.311 e. The summed E-state index contributed by atoms with van der Waals surface area (Å²) in [5.41, 5.74) is 0.766. The van der Waals surface area contributed by atoms with Crippen LogP contribution >= 0.6 is 11.6 Å². The Bertz CT molecular complexity index is 421. The third-order valence-corrected chi connectivity index (χ3v) is 4.14. The Hall–Kier alpha value is -0.600. The SMILES string of the molecule is CCC(CC)C(CNC(C)(C)C)c1cccc(Cl)c1F. The molecule has 1 N–H and O–H groups in total. The molecule has 0 saturated heterocycles. The van der Waals surface area contributed by atoms with Crippen molar-refractivity contribution in [3.8, 4) is 0 Å². The summed E-state index contributed by atoms with van der Waals surface area (Å²) < 4.78 is 14.3. The third-order valence-electron chi connectivity index (χ3n) is 3.85. The Kier molecular flexibility index (Phi) is 6.47. The molecule has 0 saturated carbocycles. The van der Waals surface area contributed by atoms with E-state index in [-0.39, 0.29) is 22.3 Å². The molecule has 1 atom stereocenters. The van der Waals surface area contributed by atoms with Gasteiger partial charge < -0.3 is 5.32 Å². The average Bonchev–Trinajstić information content (AvgIpc) is 2.37. The minimum Gasteiger partial charge on any atom is -0.311 e. The standard InChI is InChI=1S/C17H27ClFN/c1-6-12(7-2)14(11-20-17(3,4)5)13-9-8-10-15(18)16(13)19/h8-10,12,14,20H,6-7,11H2,1-5H3. The lowest BCUT2D eigenvalue weighted by Crippen LogP contribution is -2.40. The van der Waals surface area contributed by atoms with Crippen molar-refractivity contribution in [3.05, 3.63) is 34.6 Å². The van der Waals surface area contributed by atoms with Crippen LogP contribution in [0.4, 0.5) is 4.39 Å². The molecular formula is C17H27ClFN. The fourth-order valence-corrected chi connectivity index (χ4v) is 2.79. The molecule has 0 aromatic heterocycles. The van der Waals surface area contributed by atoms with E-state index < -0.39 is 0 Å². The molecular weight excluding hydrogens is 273 g/mol. The summed E-state index contributed by atoms with van der Waals surface area (Å²) in [6, 6.07) is 5.32. The highest BCUT2D eigenvalue weighted by Gasteiger charge is 2.25. The third kappa shape index (κ3) is 4.75. The first-order chi connectivity index (χ1) is 9.30. The topological polar surface area (TPSA) is 12.0 Å².